The van der Waals surface area contributed by atoms with E-state index in [0.29, 0.717) is 12.0 Å². The summed E-state index contributed by atoms with van der Waals surface area (Å²) in [4.78, 5) is 11.7. The summed E-state index contributed by atoms with van der Waals surface area (Å²) in [6.07, 6.45) is 4.42. The maximum Gasteiger partial charge on any atom is 0.233 e. The van der Waals surface area contributed by atoms with Crippen molar-refractivity contribution < 1.29 is 4.79 Å². The Balaban J connectivity index is 0.00000225. The topological polar surface area (TPSA) is 41.1 Å². The number of rotatable bonds is 4. The number of carbonyl (C=O) groups is 1. The van der Waals surface area contributed by atoms with Crippen LogP contribution in [0.3, 0.4) is 0 Å². The molecule has 1 amide bonds. The van der Waals surface area contributed by atoms with Crippen molar-refractivity contribution in [3.63, 3.8) is 0 Å². The number of piperidine rings is 1. The van der Waals surface area contributed by atoms with E-state index in [-0.39, 0.29) is 23.6 Å². The fraction of sp³-hybridized carbons (Fsp3) is 0.909. The average molecular weight is 267 g/mol. The van der Waals surface area contributed by atoms with Crippen molar-refractivity contribution in [2.75, 3.05) is 19.3 Å². The van der Waals surface area contributed by atoms with Gasteiger partial charge in [-0.2, -0.15) is 11.8 Å². The molecule has 3 unspecified atom stereocenters. The van der Waals surface area contributed by atoms with Crippen molar-refractivity contribution in [3.05, 3.63) is 0 Å². The van der Waals surface area contributed by atoms with E-state index in [1.54, 1.807) is 11.8 Å². The second-order valence-electron chi connectivity index (χ2n) is 4.28. The smallest absolute Gasteiger partial charge is 0.233 e. The van der Waals surface area contributed by atoms with Gasteiger partial charge in [-0.25, -0.2) is 0 Å². The van der Waals surface area contributed by atoms with Gasteiger partial charge in [-0.05, 0) is 52.0 Å². The molecule has 3 atom stereocenters. The minimum atomic E-state index is 0. The summed E-state index contributed by atoms with van der Waals surface area (Å²) < 4.78 is 0. The van der Waals surface area contributed by atoms with E-state index in [1.807, 2.05) is 13.2 Å². The molecule has 1 heterocycles. The Bertz CT molecular complexity index is 210. The number of halogens is 1. The number of thioether (sulfide) groups is 1. The lowest BCUT2D eigenvalue weighted by Gasteiger charge is -2.29. The van der Waals surface area contributed by atoms with Gasteiger partial charge in [-0.15, -0.1) is 12.4 Å². The van der Waals surface area contributed by atoms with E-state index in [2.05, 4.69) is 17.6 Å². The zero-order chi connectivity index (χ0) is 11.3. The van der Waals surface area contributed by atoms with Crippen molar-refractivity contribution >= 4 is 30.1 Å². The van der Waals surface area contributed by atoms with Crippen LogP contribution in [0.15, 0.2) is 0 Å². The van der Waals surface area contributed by atoms with Crippen molar-refractivity contribution in [2.45, 2.75) is 38.0 Å². The molecule has 96 valence electrons. The molecule has 1 rings (SSSR count). The summed E-state index contributed by atoms with van der Waals surface area (Å²) in [5.41, 5.74) is 0. The molecule has 0 spiro atoms. The molecule has 0 aromatic heterocycles. The average Bonchev–Trinajstić information content (AvgIpc) is 2.29. The lowest BCUT2D eigenvalue weighted by Crippen LogP contribution is -2.46. The van der Waals surface area contributed by atoms with E-state index >= 15 is 0 Å². The van der Waals surface area contributed by atoms with E-state index in [0.717, 1.165) is 13.1 Å². The second-order valence-corrected chi connectivity index (χ2v) is 5.46. The number of amides is 1. The molecule has 2 N–H and O–H groups in total. The number of nitrogens with one attached hydrogen (secondary N) is 2. The molecule has 5 heteroatoms. The van der Waals surface area contributed by atoms with Gasteiger partial charge in [0.15, 0.2) is 0 Å². The molecule has 1 aliphatic rings. The van der Waals surface area contributed by atoms with Gasteiger partial charge >= 0.3 is 0 Å². The zero-order valence-electron chi connectivity index (χ0n) is 10.3. The van der Waals surface area contributed by atoms with E-state index in [9.17, 15) is 4.79 Å². The number of carbonyl (C=O) groups excluding carboxylic acids is 1. The first kappa shape index (κ1) is 16.1. The molecule has 1 fully saturated rings. The van der Waals surface area contributed by atoms with E-state index < -0.39 is 0 Å². The largest absolute Gasteiger partial charge is 0.352 e. The van der Waals surface area contributed by atoms with Crippen LogP contribution in [-0.2, 0) is 4.79 Å². The predicted molar refractivity (Wildman–Crippen MR) is 73.4 cm³/mol. The van der Waals surface area contributed by atoms with Gasteiger partial charge in [0, 0.05) is 6.04 Å². The Morgan fingerprint density at radius 2 is 2.19 bits per heavy atom. The fourth-order valence-electron chi connectivity index (χ4n) is 1.87. The van der Waals surface area contributed by atoms with E-state index in [1.165, 1.54) is 12.8 Å². The summed E-state index contributed by atoms with van der Waals surface area (Å²) in [6, 6.07) is 0.292. The molecule has 16 heavy (non-hydrogen) atoms. The van der Waals surface area contributed by atoms with Gasteiger partial charge in [-0.1, -0.05) is 0 Å². The van der Waals surface area contributed by atoms with Crippen LogP contribution in [-0.4, -0.2) is 36.5 Å². The van der Waals surface area contributed by atoms with Gasteiger partial charge in [0.2, 0.25) is 5.91 Å². The minimum absolute atomic E-state index is 0. The number of hydrogen-bond donors (Lipinski definition) is 2. The molecule has 0 aromatic carbocycles. The third kappa shape index (κ3) is 4.93. The highest BCUT2D eigenvalue weighted by molar-refractivity contribution is 7.99. The quantitative estimate of drug-likeness (QED) is 0.813. The first-order chi connectivity index (χ1) is 7.15. The summed E-state index contributed by atoms with van der Waals surface area (Å²) in [5.74, 6) is 0.761. The first-order valence-corrected chi connectivity index (χ1v) is 6.97. The highest BCUT2D eigenvalue weighted by Crippen LogP contribution is 2.15. The zero-order valence-corrected chi connectivity index (χ0v) is 11.9. The monoisotopic (exact) mass is 266 g/mol. The van der Waals surface area contributed by atoms with Crippen LogP contribution in [0.2, 0.25) is 0 Å². The van der Waals surface area contributed by atoms with Gasteiger partial charge in [0.1, 0.15) is 0 Å². The normalized spacial score (nSPS) is 24.1. The molecule has 0 aliphatic carbocycles. The van der Waals surface area contributed by atoms with Gasteiger partial charge in [-0.3, -0.25) is 4.79 Å². The van der Waals surface area contributed by atoms with Crippen molar-refractivity contribution in [2.24, 2.45) is 5.92 Å². The highest BCUT2D eigenvalue weighted by atomic mass is 35.5. The highest BCUT2D eigenvalue weighted by Gasteiger charge is 2.22. The lowest BCUT2D eigenvalue weighted by atomic mass is 9.93. The third-order valence-corrected chi connectivity index (χ3v) is 4.06. The van der Waals surface area contributed by atoms with Gasteiger partial charge < -0.3 is 10.6 Å². The molecule has 0 radical (unpaired) electrons. The molecule has 1 saturated heterocycles. The maximum absolute atomic E-state index is 11.7. The lowest BCUT2D eigenvalue weighted by molar-refractivity contribution is -0.121. The van der Waals surface area contributed by atoms with Crippen molar-refractivity contribution in [1.29, 1.82) is 0 Å². The number of hydrogen-bond acceptors (Lipinski definition) is 3. The first-order valence-electron chi connectivity index (χ1n) is 5.69. The minimum Gasteiger partial charge on any atom is -0.352 e. The Morgan fingerprint density at radius 1 is 1.50 bits per heavy atom. The van der Waals surface area contributed by atoms with Crippen LogP contribution in [0.5, 0.6) is 0 Å². The summed E-state index contributed by atoms with van der Waals surface area (Å²) in [5, 5.41) is 6.54. The molecular formula is C11H23ClN2OS. The summed E-state index contributed by atoms with van der Waals surface area (Å²) in [6.45, 7) is 6.22. The second kappa shape index (κ2) is 8.20. The Labute approximate surface area is 109 Å². The van der Waals surface area contributed by atoms with Crippen LogP contribution >= 0.6 is 24.2 Å². The van der Waals surface area contributed by atoms with Crippen molar-refractivity contribution in [3.8, 4) is 0 Å². The molecule has 0 aromatic rings. The molecule has 3 nitrogen and oxygen atoms in total. The Morgan fingerprint density at radius 3 is 2.69 bits per heavy atom. The SMILES string of the molecule is CSC(C)C(=O)NC(C)C1CCCNC1.Cl. The van der Waals surface area contributed by atoms with Crippen molar-refractivity contribution in [1.82, 2.24) is 10.6 Å². The van der Waals surface area contributed by atoms with E-state index in [4.69, 9.17) is 0 Å². The van der Waals surface area contributed by atoms with Crippen LogP contribution in [0.25, 0.3) is 0 Å². The summed E-state index contributed by atoms with van der Waals surface area (Å²) in [7, 11) is 0. The maximum atomic E-state index is 11.7. The third-order valence-electron chi connectivity index (χ3n) is 3.13. The summed E-state index contributed by atoms with van der Waals surface area (Å²) >= 11 is 1.59. The fourth-order valence-corrected chi connectivity index (χ4v) is 2.15. The predicted octanol–water partition coefficient (Wildman–Crippen LogP) is 1.66. The van der Waals surface area contributed by atoms with Gasteiger partial charge in [0.05, 0.1) is 5.25 Å². The van der Waals surface area contributed by atoms with Crippen LogP contribution in [0.4, 0.5) is 0 Å². The van der Waals surface area contributed by atoms with Gasteiger partial charge in [0.25, 0.3) is 0 Å². The standard InChI is InChI=1S/C11H22N2OS.ClH/c1-8(10-5-4-6-12-7-10)13-11(14)9(2)15-3;/h8-10,12H,4-7H2,1-3H3,(H,13,14);1H. The Hall–Kier alpha value is 0.0700. The Kier molecular flexibility index (Phi) is 8.24. The molecule has 1 aliphatic heterocycles. The van der Waals surface area contributed by atoms with Crippen LogP contribution in [0, 0.1) is 5.92 Å². The molecule has 0 saturated carbocycles. The van der Waals surface area contributed by atoms with Crippen LogP contribution < -0.4 is 10.6 Å². The molecular weight excluding hydrogens is 244 g/mol. The molecule has 0 bridgehead atoms. The van der Waals surface area contributed by atoms with Crippen LogP contribution in [0.1, 0.15) is 26.7 Å².